The summed E-state index contributed by atoms with van der Waals surface area (Å²) >= 11 is 0. The molecule has 2 aromatic rings. The predicted molar refractivity (Wildman–Crippen MR) is 91.4 cm³/mol. The molecule has 144 valence electrons. The second-order valence-corrected chi connectivity index (χ2v) is 5.74. The van der Waals surface area contributed by atoms with Crippen molar-refractivity contribution >= 4 is 17.9 Å². The number of aliphatic imine (C=N–C) groups is 1. The third-order valence-corrected chi connectivity index (χ3v) is 3.82. The Bertz CT molecular complexity index is 847. The van der Waals surface area contributed by atoms with Crippen LogP contribution in [-0.2, 0) is 15.1 Å². The van der Waals surface area contributed by atoms with Gasteiger partial charge in [-0.3, -0.25) is 4.99 Å². The van der Waals surface area contributed by atoms with Crippen LogP contribution in [0.4, 0.5) is 23.2 Å². The first kappa shape index (κ1) is 20.6. The number of hydrogen-bond donors (Lipinski definition) is 1. The van der Waals surface area contributed by atoms with Crippen molar-refractivity contribution < 1.29 is 32.2 Å². The standard InChI is InChI=1S/C19H17F4NO3/c1-3-27-17(25)18(26,19(21,22)23)14-6-9-16(12(2)10-14)24-11-13-4-7-15(20)8-5-13/h4-11,26H,3H2,1-2H3. The monoisotopic (exact) mass is 383 g/mol. The summed E-state index contributed by atoms with van der Waals surface area (Å²) in [5, 5.41) is 10.1. The molecular formula is C19H17F4NO3. The van der Waals surface area contributed by atoms with Gasteiger partial charge in [0, 0.05) is 11.8 Å². The van der Waals surface area contributed by atoms with E-state index >= 15 is 0 Å². The number of benzene rings is 2. The first-order chi connectivity index (χ1) is 12.6. The summed E-state index contributed by atoms with van der Waals surface area (Å²) in [5.41, 5.74) is -3.20. The van der Waals surface area contributed by atoms with E-state index in [-0.39, 0.29) is 6.61 Å². The third kappa shape index (κ3) is 4.33. The molecule has 0 radical (unpaired) electrons. The molecule has 0 bridgehead atoms. The van der Waals surface area contributed by atoms with Crippen molar-refractivity contribution in [2.24, 2.45) is 4.99 Å². The van der Waals surface area contributed by atoms with Gasteiger partial charge in [0.2, 0.25) is 0 Å². The van der Waals surface area contributed by atoms with Crippen molar-refractivity contribution in [3.63, 3.8) is 0 Å². The van der Waals surface area contributed by atoms with E-state index < -0.39 is 29.1 Å². The number of ether oxygens (including phenoxy) is 1. The van der Waals surface area contributed by atoms with E-state index in [4.69, 9.17) is 0 Å². The van der Waals surface area contributed by atoms with Gasteiger partial charge in [-0.1, -0.05) is 24.3 Å². The fourth-order valence-corrected chi connectivity index (χ4v) is 2.35. The molecule has 4 nitrogen and oxygen atoms in total. The van der Waals surface area contributed by atoms with Gasteiger partial charge in [-0.05, 0) is 43.2 Å². The Kier molecular flexibility index (Phi) is 6.00. The van der Waals surface area contributed by atoms with E-state index in [0.717, 1.165) is 12.1 Å². The lowest BCUT2D eigenvalue weighted by Crippen LogP contribution is -2.50. The number of rotatable bonds is 5. The molecule has 2 aromatic carbocycles. The Balaban J connectivity index is 2.38. The maximum absolute atomic E-state index is 13.4. The molecule has 0 fully saturated rings. The zero-order valence-corrected chi connectivity index (χ0v) is 14.5. The topological polar surface area (TPSA) is 58.9 Å². The second-order valence-electron chi connectivity index (χ2n) is 5.74. The van der Waals surface area contributed by atoms with E-state index in [1.807, 2.05) is 0 Å². The molecule has 0 heterocycles. The van der Waals surface area contributed by atoms with Gasteiger partial charge in [0.1, 0.15) is 5.82 Å². The molecule has 0 saturated carbocycles. The van der Waals surface area contributed by atoms with Crippen molar-refractivity contribution in [2.45, 2.75) is 25.6 Å². The molecule has 0 saturated heterocycles. The van der Waals surface area contributed by atoms with Gasteiger partial charge in [-0.25, -0.2) is 9.18 Å². The van der Waals surface area contributed by atoms with Crippen LogP contribution in [0.5, 0.6) is 0 Å². The molecule has 27 heavy (non-hydrogen) atoms. The first-order valence-corrected chi connectivity index (χ1v) is 7.96. The highest BCUT2D eigenvalue weighted by molar-refractivity contribution is 5.84. The molecular weight excluding hydrogens is 366 g/mol. The highest BCUT2D eigenvalue weighted by atomic mass is 19.4. The molecule has 0 aliphatic heterocycles. The second kappa shape index (κ2) is 7.87. The third-order valence-electron chi connectivity index (χ3n) is 3.82. The molecule has 0 aliphatic rings. The fourth-order valence-electron chi connectivity index (χ4n) is 2.35. The Morgan fingerprint density at radius 1 is 1.19 bits per heavy atom. The van der Waals surface area contributed by atoms with Crippen LogP contribution in [0.1, 0.15) is 23.6 Å². The van der Waals surface area contributed by atoms with Crippen LogP contribution in [0, 0.1) is 12.7 Å². The van der Waals surface area contributed by atoms with Gasteiger partial charge in [0.25, 0.3) is 5.60 Å². The van der Waals surface area contributed by atoms with Gasteiger partial charge in [-0.15, -0.1) is 0 Å². The lowest BCUT2D eigenvalue weighted by molar-refractivity contribution is -0.267. The predicted octanol–water partition coefficient (Wildman–Crippen LogP) is 4.20. The highest BCUT2D eigenvalue weighted by Crippen LogP contribution is 2.41. The number of nitrogens with zero attached hydrogens (tertiary/aromatic N) is 1. The van der Waals surface area contributed by atoms with Crippen molar-refractivity contribution in [3.05, 3.63) is 65.0 Å². The van der Waals surface area contributed by atoms with E-state index in [2.05, 4.69) is 9.73 Å². The number of carbonyl (C=O) groups is 1. The fraction of sp³-hybridized carbons (Fsp3) is 0.263. The maximum atomic E-state index is 13.4. The molecule has 0 aliphatic carbocycles. The Morgan fingerprint density at radius 2 is 1.81 bits per heavy atom. The Labute approximate surface area is 153 Å². The number of hydrogen-bond acceptors (Lipinski definition) is 4. The zero-order chi connectivity index (χ0) is 20.2. The summed E-state index contributed by atoms with van der Waals surface area (Å²) < 4.78 is 57.5. The van der Waals surface area contributed by atoms with Crippen LogP contribution in [0.3, 0.4) is 0 Å². The molecule has 0 spiro atoms. The number of aryl methyl sites for hydroxylation is 1. The number of aliphatic hydroxyl groups is 1. The number of halogens is 4. The van der Waals surface area contributed by atoms with Gasteiger partial charge < -0.3 is 9.84 Å². The Morgan fingerprint density at radius 3 is 2.33 bits per heavy atom. The number of carbonyl (C=O) groups excluding carboxylic acids is 1. The van der Waals surface area contributed by atoms with E-state index in [1.54, 1.807) is 0 Å². The minimum absolute atomic E-state index is 0.304. The van der Waals surface area contributed by atoms with Crippen LogP contribution in [0.2, 0.25) is 0 Å². The molecule has 2 rings (SSSR count). The summed E-state index contributed by atoms with van der Waals surface area (Å²) in [7, 11) is 0. The average Bonchev–Trinajstić information content (AvgIpc) is 2.60. The molecule has 1 N–H and O–H groups in total. The number of alkyl halides is 3. The van der Waals surface area contributed by atoms with Crippen LogP contribution >= 0.6 is 0 Å². The van der Waals surface area contributed by atoms with Crippen LogP contribution in [0.15, 0.2) is 47.5 Å². The quantitative estimate of drug-likeness (QED) is 0.478. The minimum Gasteiger partial charge on any atom is -0.463 e. The van der Waals surface area contributed by atoms with Crippen LogP contribution in [-0.4, -0.2) is 30.1 Å². The van der Waals surface area contributed by atoms with Crippen molar-refractivity contribution in [1.29, 1.82) is 0 Å². The zero-order valence-electron chi connectivity index (χ0n) is 14.5. The Hall–Kier alpha value is -2.74. The van der Waals surface area contributed by atoms with E-state index in [9.17, 15) is 27.5 Å². The lowest BCUT2D eigenvalue weighted by atomic mass is 9.91. The molecule has 1 unspecified atom stereocenters. The smallest absolute Gasteiger partial charge is 0.432 e. The van der Waals surface area contributed by atoms with Crippen molar-refractivity contribution in [3.8, 4) is 0 Å². The van der Waals surface area contributed by atoms with Gasteiger partial charge in [0.05, 0.1) is 12.3 Å². The van der Waals surface area contributed by atoms with Gasteiger partial charge in [-0.2, -0.15) is 13.2 Å². The van der Waals surface area contributed by atoms with Crippen LogP contribution < -0.4 is 0 Å². The summed E-state index contributed by atoms with van der Waals surface area (Å²) in [6, 6.07) is 8.73. The van der Waals surface area contributed by atoms with E-state index in [1.165, 1.54) is 50.4 Å². The summed E-state index contributed by atoms with van der Waals surface area (Å²) in [6.45, 7) is 2.52. The lowest BCUT2D eigenvalue weighted by Gasteiger charge is -2.28. The normalized spacial score (nSPS) is 14.2. The molecule has 0 aromatic heterocycles. The molecule has 0 amide bonds. The first-order valence-electron chi connectivity index (χ1n) is 7.96. The number of esters is 1. The minimum atomic E-state index is -5.26. The summed E-state index contributed by atoms with van der Waals surface area (Å²) in [6.07, 6.45) is -3.84. The van der Waals surface area contributed by atoms with Gasteiger partial charge in [0.15, 0.2) is 0 Å². The van der Waals surface area contributed by atoms with Crippen molar-refractivity contribution in [2.75, 3.05) is 6.61 Å². The van der Waals surface area contributed by atoms with Gasteiger partial charge >= 0.3 is 12.1 Å². The van der Waals surface area contributed by atoms with Crippen molar-refractivity contribution in [1.82, 2.24) is 0 Å². The highest BCUT2D eigenvalue weighted by Gasteiger charge is 2.62. The van der Waals surface area contributed by atoms with E-state index in [0.29, 0.717) is 16.8 Å². The summed E-state index contributed by atoms with van der Waals surface area (Å²) in [5.74, 6) is -2.20. The summed E-state index contributed by atoms with van der Waals surface area (Å²) in [4.78, 5) is 15.9. The van der Waals surface area contributed by atoms with Crippen LogP contribution in [0.25, 0.3) is 0 Å². The largest absolute Gasteiger partial charge is 0.463 e. The molecule has 8 heteroatoms. The maximum Gasteiger partial charge on any atom is 0.432 e. The SMILES string of the molecule is CCOC(=O)C(O)(c1ccc(N=Cc2ccc(F)cc2)c(C)c1)C(F)(F)F. The molecule has 1 atom stereocenters. The average molecular weight is 383 g/mol.